The summed E-state index contributed by atoms with van der Waals surface area (Å²) in [7, 11) is 0. The Kier molecular flexibility index (Phi) is 5.44. The lowest BCUT2D eigenvalue weighted by atomic mass is 10.1. The van der Waals surface area contributed by atoms with E-state index >= 15 is 0 Å². The Labute approximate surface area is 127 Å². The first-order valence-electron chi connectivity index (χ1n) is 6.32. The Bertz CT molecular complexity index is 550. The zero-order valence-electron chi connectivity index (χ0n) is 10.9. The van der Waals surface area contributed by atoms with Gasteiger partial charge in [-0.1, -0.05) is 29.3 Å². The van der Waals surface area contributed by atoms with Gasteiger partial charge in [-0.15, -0.1) is 0 Å². The van der Waals surface area contributed by atoms with E-state index in [-0.39, 0.29) is 12.3 Å². The summed E-state index contributed by atoms with van der Waals surface area (Å²) in [5.74, 6) is -0.0781. The van der Waals surface area contributed by atoms with Crippen LogP contribution in [0, 0.1) is 0 Å². The van der Waals surface area contributed by atoms with E-state index in [9.17, 15) is 4.79 Å². The number of imidazole rings is 1. The molecule has 0 unspecified atom stereocenters. The van der Waals surface area contributed by atoms with Gasteiger partial charge in [0, 0.05) is 35.5 Å². The molecule has 1 aromatic carbocycles. The van der Waals surface area contributed by atoms with Crippen molar-refractivity contribution in [2.75, 3.05) is 6.54 Å². The molecule has 20 heavy (non-hydrogen) atoms. The molecular formula is C14H15Cl2N3O. The van der Waals surface area contributed by atoms with Gasteiger partial charge in [-0.3, -0.25) is 4.79 Å². The number of rotatable bonds is 6. The van der Waals surface area contributed by atoms with Gasteiger partial charge in [-0.2, -0.15) is 0 Å². The van der Waals surface area contributed by atoms with Gasteiger partial charge in [0.25, 0.3) is 0 Å². The van der Waals surface area contributed by atoms with E-state index in [1.807, 2.05) is 10.8 Å². The van der Waals surface area contributed by atoms with E-state index in [1.165, 1.54) is 0 Å². The van der Waals surface area contributed by atoms with Crippen LogP contribution in [-0.2, 0) is 17.8 Å². The second-order valence-corrected chi connectivity index (χ2v) is 5.20. The fraction of sp³-hybridized carbons (Fsp3) is 0.286. The molecule has 2 rings (SSSR count). The molecule has 1 heterocycles. The fourth-order valence-electron chi connectivity index (χ4n) is 1.83. The number of halogens is 2. The van der Waals surface area contributed by atoms with Crippen molar-refractivity contribution in [3.05, 3.63) is 52.5 Å². The second-order valence-electron chi connectivity index (χ2n) is 4.38. The summed E-state index contributed by atoms with van der Waals surface area (Å²) in [6.07, 6.45) is 6.43. The molecule has 0 saturated carbocycles. The van der Waals surface area contributed by atoms with Crippen molar-refractivity contribution in [2.24, 2.45) is 0 Å². The molecule has 0 atom stereocenters. The molecule has 4 nitrogen and oxygen atoms in total. The van der Waals surface area contributed by atoms with Gasteiger partial charge >= 0.3 is 0 Å². The van der Waals surface area contributed by atoms with Crippen LogP contribution in [0.15, 0.2) is 36.9 Å². The summed E-state index contributed by atoms with van der Waals surface area (Å²) in [5, 5.41) is 3.90. The third-order valence-corrected chi connectivity index (χ3v) is 3.58. The van der Waals surface area contributed by atoms with Crippen LogP contribution in [-0.4, -0.2) is 22.0 Å². The zero-order chi connectivity index (χ0) is 14.4. The van der Waals surface area contributed by atoms with Crippen LogP contribution in [0.3, 0.4) is 0 Å². The van der Waals surface area contributed by atoms with Gasteiger partial charge < -0.3 is 9.88 Å². The van der Waals surface area contributed by atoms with E-state index < -0.39 is 0 Å². The maximum atomic E-state index is 11.8. The molecular weight excluding hydrogens is 297 g/mol. The molecule has 0 aliphatic heterocycles. The van der Waals surface area contributed by atoms with E-state index in [4.69, 9.17) is 23.2 Å². The molecule has 0 spiro atoms. The molecule has 6 heteroatoms. The minimum absolute atomic E-state index is 0.0781. The average Bonchev–Trinajstić information content (AvgIpc) is 2.92. The topological polar surface area (TPSA) is 46.9 Å². The van der Waals surface area contributed by atoms with Gasteiger partial charge in [0.2, 0.25) is 5.91 Å². The Morgan fingerprint density at radius 2 is 2.05 bits per heavy atom. The number of aryl methyl sites for hydroxylation is 1. The van der Waals surface area contributed by atoms with Gasteiger partial charge in [-0.05, 0) is 24.1 Å². The predicted molar refractivity (Wildman–Crippen MR) is 80.0 cm³/mol. The van der Waals surface area contributed by atoms with Crippen LogP contribution in [0.25, 0.3) is 0 Å². The van der Waals surface area contributed by atoms with Gasteiger partial charge in [-0.25, -0.2) is 4.98 Å². The molecule has 1 aromatic heterocycles. The number of carbonyl (C=O) groups excluding carboxylic acids is 1. The van der Waals surface area contributed by atoms with Gasteiger partial charge in [0.15, 0.2) is 0 Å². The van der Waals surface area contributed by atoms with Crippen molar-refractivity contribution < 1.29 is 4.79 Å². The van der Waals surface area contributed by atoms with Crippen molar-refractivity contribution in [1.29, 1.82) is 0 Å². The molecule has 106 valence electrons. The number of benzene rings is 1. The minimum Gasteiger partial charge on any atom is -0.356 e. The molecule has 0 fully saturated rings. The first kappa shape index (κ1) is 14.9. The average molecular weight is 312 g/mol. The summed E-state index contributed by atoms with van der Waals surface area (Å²) in [4.78, 5) is 15.8. The fourth-order valence-corrected chi connectivity index (χ4v) is 2.36. The Hall–Kier alpha value is -1.52. The molecule has 2 aromatic rings. The molecule has 0 aliphatic carbocycles. The molecule has 1 N–H and O–H groups in total. The predicted octanol–water partition coefficient (Wildman–Crippen LogP) is 2.94. The molecule has 0 saturated heterocycles. The summed E-state index contributed by atoms with van der Waals surface area (Å²) in [5.41, 5.74) is 0.669. The van der Waals surface area contributed by atoms with Gasteiger partial charge in [0.1, 0.15) is 0 Å². The highest BCUT2D eigenvalue weighted by molar-refractivity contribution is 6.36. The van der Waals surface area contributed by atoms with Crippen molar-refractivity contribution >= 4 is 29.1 Å². The van der Waals surface area contributed by atoms with Crippen molar-refractivity contribution in [3.8, 4) is 0 Å². The highest BCUT2D eigenvalue weighted by atomic mass is 35.5. The van der Waals surface area contributed by atoms with E-state index in [0.717, 1.165) is 13.0 Å². The number of nitrogens with zero attached hydrogens (tertiary/aromatic N) is 2. The first-order valence-corrected chi connectivity index (χ1v) is 7.08. The quantitative estimate of drug-likeness (QED) is 0.834. The van der Waals surface area contributed by atoms with Crippen molar-refractivity contribution in [3.63, 3.8) is 0 Å². The Morgan fingerprint density at radius 1 is 1.30 bits per heavy atom. The lowest BCUT2D eigenvalue weighted by Gasteiger charge is -2.08. The standard InChI is InChI=1S/C14H15Cl2N3O/c15-12-3-1-4-13(16)11(12)9-14(20)18-5-2-7-19-8-6-17-10-19/h1,3-4,6,8,10H,2,5,7,9H2,(H,18,20). The van der Waals surface area contributed by atoms with Crippen LogP contribution in [0.1, 0.15) is 12.0 Å². The largest absolute Gasteiger partial charge is 0.356 e. The summed E-state index contributed by atoms with van der Waals surface area (Å²) in [6, 6.07) is 5.22. The monoisotopic (exact) mass is 311 g/mol. The molecule has 1 amide bonds. The minimum atomic E-state index is -0.0781. The van der Waals surface area contributed by atoms with E-state index in [2.05, 4.69) is 10.3 Å². The highest BCUT2D eigenvalue weighted by Crippen LogP contribution is 2.24. The highest BCUT2D eigenvalue weighted by Gasteiger charge is 2.10. The molecule has 0 radical (unpaired) electrons. The van der Waals surface area contributed by atoms with Crippen LogP contribution >= 0.6 is 23.2 Å². The number of hydrogen-bond acceptors (Lipinski definition) is 2. The van der Waals surface area contributed by atoms with Crippen LogP contribution in [0.4, 0.5) is 0 Å². The number of carbonyl (C=O) groups is 1. The lowest BCUT2D eigenvalue weighted by molar-refractivity contribution is -0.120. The number of aromatic nitrogens is 2. The van der Waals surface area contributed by atoms with Crippen LogP contribution < -0.4 is 5.32 Å². The van der Waals surface area contributed by atoms with E-state index in [0.29, 0.717) is 22.2 Å². The maximum Gasteiger partial charge on any atom is 0.224 e. The van der Waals surface area contributed by atoms with Crippen LogP contribution in [0.5, 0.6) is 0 Å². The third kappa shape index (κ3) is 4.25. The Balaban J connectivity index is 1.75. The normalized spacial score (nSPS) is 10.5. The number of hydrogen-bond donors (Lipinski definition) is 1. The van der Waals surface area contributed by atoms with E-state index in [1.54, 1.807) is 30.7 Å². The Morgan fingerprint density at radius 3 is 2.70 bits per heavy atom. The third-order valence-electron chi connectivity index (χ3n) is 2.87. The summed E-state index contributed by atoms with van der Waals surface area (Å²) in [6.45, 7) is 1.44. The molecule has 0 aliphatic rings. The zero-order valence-corrected chi connectivity index (χ0v) is 12.4. The number of nitrogens with one attached hydrogen (secondary N) is 1. The SMILES string of the molecule is O=C(Cc1c(Cl)cccc1Cl)NCCCn1ccnc1. The van der Waals surface area contributed by atoms with Crippen LogP contribution in [0.2, 0.25) is 10.0 Å². The lowest BCUT2D eigenvalue weighted by Crippen LogP contribution is -2.27. The van der Waals surface area contributed by atoms with Gasteiger partial charge in [0.05, 0.1) is 12.7 Å². The van der Waals surface area contributed by atoms with Crippen molar-refractivity contribution in [2.45, 2.75) is 19.4 Å². The smallest absolute Gasteiger partial charge is 0.224 e. The first-order chi connectivity index (χ1) is 9.66. The summed E-state index contributed by atoms with van der Waals surface area (Å²) < 4.78 is 1.97. The maximum absolute atomic E-state index is 11.8. The number of amides is 1. The second kappa shape index (κ2) is 7.31. The molecule has 0 bridgehead atoms. The van der Waals surface area contributed by atoms with Crippen molar-refractivity contribution in [1.82, 2.24) is 14.9 Å². The summed E-state index contributed by atoms with van der Waals surface area (Å²) >= 11 is 12.1.